The summed E-state index contributed by atoms with van der Waals surface area (Å²) in [6, 6.07) is 0. The molecule has 2 aromatic heterocycles. The molecule has 0 aliphatic rings. The summed E-state index contributed by atoms with van der Waals surface area (Å²) in [5.41, 5.74) is 1.83. The number of fused-ring (bicyclic) bond motifs is 1. The normalized spacial score (nSPS) is 11.1. The van der Waals surface area contributed by atoms with Gasteiger partial charge in [-0.05, 0) is 12.7 Å². The Morgan fingerprint density at radius 3 is 3.00 bits per heavy atom. The van der Waals surface area contributed by atoms with E-state index in [9.17, 15) is 0 Å². The summed E-state index contributed by atoms with van der Waals surface area (Å²) in [5.74, 6) is 0. The van der Waals surface area contributed by atoms with E-state index >= 15 is 0 Å². The average Bonchev–Trinajstić information content (AvgIpc) is 2.68. The van der Waals surface area contributed by atoms with Crippen molar-refractivity contribution >= 4 is 22.9 Å². The Morgan fingerprint density at radius 2 is 2.27 bits per heavy atom. The maximum atomic E-state index is 4.46. The number of imidazole rings is 1. The summed E-state index contributed by atoms with van der Waals surface area (Å²) >= 11 is 1.56. The van der Waals surface area contributed by atoms with E-state index < -0.39 is 0 Å². The summed E-state index contributed by atoms with van der Waals surface area (Å²) in [5, 5.41) is 0.806. The third-order valence-corrected chi connectivity index (χ3v) is 2.83. The molecule has 0 atom stereocenters. The molecule has 4 nitrogen and oxygen atoms in total. The fourth-order valence-electron chi connectivity index (χ4n) is 1.43. The Balaban J connectivity index is 2.38. The molecule has 0 radical (unpaired) electrons. The topological polar surface area (TPSA) is 43.6 Å². The van der Waals surface area contributed by atoms with Crippen molar-refractivity contribution in [2.75, 3.05) is 6.26 Å². The van der Waals surface area contributed by atoms with Crippen molar-refractivity contribution in [3.63, 3.8) is 0 Å². The van der Waals surface area contributed by atoms with Gasteiger partial charge in [0.15, 0.2) is 10.8 Å². The molecule has 0 unspecified atom stereocenters. The zero-order valence-corrected chi connectivity index (χ0v) is 9.79. The highest BCUT2D eigenvalue weighted by molar-refractivity contribution is 7.98. The number of unbranched alkanes of at least 4 members (excludes halogenated alkanes) is 1. The molecular weight excluding hydrogens is 208 g/mol. The number of aryl methyl sites for hydroxylation is 1. The van der Waals surface area contributed by atoms with Crippen LogP contribution in [0, 0.1) is 0 Å². The Morgan fingerprint density at radius 1 is 1.40 bits per heavy atom. The molecular formula is C10H14N4S. The van der Waals surface area contributed by atoms with Crippen molar-refractivity contribution in [2.24, 2.45) is 0 Å². The quantitative estimate of drug-likeness (QED) is 0.588. The van der Waals surface area contributed by atoms with Crippen LogP contribution in [0.15, 0.2) is 17.7 Å². The SMILES string of the molecule is CCCCn1cnc2cnc(SC)nc21. The van der Waals surface area contributed by atoms with Gasteiger partial charge in [0.1, 0.15) is 5.52 Å². The van der Waals surface area contributed by atoms with Gasteiger partial charge in [0.2, 0.25) is 0 Å². The lowest BCUT2D eigenvalue weighted by molar-refractivity contribution is 0.640. The van der Waals surface area contributed by atoms with Gasteiger partial charge in [-0.3, -0.25) is 0 Å². The van der Waals surface area contributed by atoms with Crippen LogP contribution < -0.4 is 0 Å². The lowest BCUT2D eigenvalue weighted by Crippen LogP contribution is -1.98. The van der Waals surface area contributed by atoms with Gasteiger partial charge >= 0.3 is 0 Å². The maximum Gasteiger partial charge on any atom is 0.189 e. The summed E-state index contributed by atoms with van der Waals surface area (Å²) in [7, 11) is 0. The highest BCUT2D eigenvalue weighted by atomic mass is 32.2. The van der Waals surface area contributed by atoms with Crippen LogP contribution in [0.3, 0.4) is 0 Å². The van der Waals surface area contributed by atoms with Gasteiger partial charge in [-0.15, -0.1) is 0 Å². The zero-order valence-electron chi connectivity index (χ0n) is 8.97. The molecule has 15 heavy (non-hydrogen) atoms. The predicted octanol–water partition coefficient (Wildman–Crippen LogP) is 2.35. The van der Waals surface area contributed by atoms with Crippen LogP contribution in [0.2, 0.25) is 0 Å². The molecule has 2 heterocycles. The monoisotopic (exact) mass is 222 g/mol. The second-order valence-corrected chi connectivity index (χ2v) is 4.13. The molecule has 0 saturated heterocycles. The lowest BCUT2D eigenvalue weighted by Gasteiger charge is -2.01. The first-order chi connectivity index (χ1) is 7.35. The van der Waals surface area contributed by atoms with Gasteiger partial charge < -0.3 is 4.57 Å². The highest BCUT2D eigenvalue weighted by Crippen LogP contribution is 2.14. The molecule has 0 amide bonds. The van der Waals surface area contributed by atoms with Gasteiger partial charge in [0.05, 0.1) is 12.5 Å². The second kappa shape index (κ2) is 4.61. The van der Waals surface area contributed by atoms with E-state index in [4.69, 9.17) is 0 Å². The number of hydrogen-bond donors (Lipinski definition) is 0. The van der Waals surface area contributed by atoms with Crippen molar-refractivity contribution < 1.29 is 0 Å². The third kappa shape index (κ3) is 2.12. The fourth-order valence-corrected chi connectivity index (χ4v) is 1.77. The Bertz CT molecular complexity index is 452. The summed E-state index contributed by atoms with van der Waals surface area (Å²) in [6.07, 6.45) is 7.95. The van der Waals surface area contributed by atoms with Crippen LogP contribution in [0.5, 0.6) is 0 Å². The molecule has 0 aromatic carbocycles. The van der Waals surface area contributed by atoms with Crippen molar-refractivity contribution in [1.29, 1.82) is 0 Å². The first-order valence-electron chi connectivity index (χ1n) is 5.07. The van der Waals surface area contributed by atoms with E-state index in [0.29, 0.717) is 0 Å². The standard InChI is InChI=1S/C10H14N4S/c1-3-4-5-14-7-12-8-6-11-10(15-2)13-9(8)14/h6-7H,3-5H2,1-2H3. The number of nitrogens with zero attached hydrogens (tertiary/aromatic N) is 4. The van der Waals surface area contributed by atoms with E-state index in [1.165, 1.54) is 6.42 Å². The van der Waals surface area contributed by atoms with Gasteiger partial charge in [-0.25, -0.2) is 15.0 Å². The summed E-state index contributed by atoms with van der Waals surface area (Å²) in [6.45, 7) is 3.17. The van der Waals surface area contributed by atoms with E-state index in [-0.39, 0.29) is 0 Å². The minimum atomic E-state index is 0.806. The lowest BCUT2D eigenvalue weighted by atomic mass is 10.3. The molecule has 2 aromatic rings. The molecule has 0 spiro atoms. The number of thioether (sulfide) groups is 1. The van der Waals surface area contributed by atoms with Crippen molar-refractivity contribution in [2.45, 2.75) is 31.5 Å². The van der Waals surface area contributed by atoms with Crippen molar-refractivity contribution in [1.82, 2.24) is 19.5 Å². The van der Waals surface area contributed by atoms with Gasteiger partial charge in [0, 0.05) is 6.54 Å². The largest absolute Gasteiger partial charge is 0.315 e. The molecule has 0 aliphatic carbocycles. The average molecular weight is 222 g/mol. The number of aromatic nitrogens is 4. The minimum absolute atomic E-state index is 0.806. The van der Waals surface area contributed by atoms with Crippen molar-refractivity contribution in [3.05, 3.63) is 12.5 Å². The van der Waals surface area contributed by atoms with Crippen molar-refractivity contribution in [3.8, 4) is 0 Å². The van der Waals surface area contributed by atoms with E-state index in [2.05, 4.69) is 26.4 Å². The molecule has 0 fully saturated rings. The number of hydrogen-bond acceptors (Lipinski definition) is 4. The molecule has 80 valence electrons. The van der Waals surface area contributed by atoms with Gasteiger partial charge in [-0.1, -0.05) is 25.1 Å². The molecule has 2 rings (SSSR count). The smallest absolute Gasteiger partial charge is 0.189 e. The number of rotatable bonds is 4. The first-order valence-corrected chi connectivity index (χ1v) is 6.29. The van der Waals surface area contributed by atoms with Crippen LogP contribution in [-0.4, -0.2) is 25.8 Å². The summed E-state index contributed by atoms with van der Waals surface area (Å²) in [4.78, 5) is 12.9. The third-order valence-electron chi connectivity index (χ3n) is 2.27. The van der Waals surface area contributed by atoms with E-state index in [1.807, 2.05) is 12.6 Å². The fraction of sp³-hybridized carbons (Fsp3) is 0.500. The van der Waals surface area contributed by atoms with Gasteiger partial charge in [0.25, 0.3) is 0 Å². The Hall–Kier alpha value is -1.10. The second-order valence-electron chi connectivity index (χ2n) is 3.36. The van der Waals surface area contributed by atoms with E-state index in [1.54, 1.807) is 18.0 Å². The van der Waals surface area contributed by atoms with Crippen LogP contribution in [0.1, 0.15) is 19.8 Å². The molecule has 5 heteroatoms. The maximum absolute atomic E-state index is 4.46. The predicted molar refractivity (Wildman–Crippen MR) is 62.0 cm³/mol. The molecule has 0 bridgehead atoms. The van der Waals surface area contributed by atoms with Crippen LogP contribution in [0.25, 0.3) is 11.2 Å². The molecule has 0 aliphatic heterocycles. The van der Waals surface area contributed by atoms with Crippen LogP contribution in [0.4, 0.5) is 0 Å². The Labute approximate surface area is 93.1 Å². The molecule has 0 N–H and O–H groups in total. The van der Waals surface area contributed by atoms with E-state index in [0.717, 1.165) is 29.3 Å². The minimum Gasteiger partial charge on any atom is -0.315 e. The highest BCUT2D eigenvalue weighted by Gasteiger charge is 2.05. The Kier molecular flexibility index (Phi) is 3.20. The van der Waals surface area contributed by atoms with Crippen LogP contribution in [-0.2, 0) is 6.54 Å². The molecule has 0 saturated carbocycles. The summed E-state index contributed by atoms with van der Waals surface area (Å²) < 4.78 is 2.10. The first kappa shape index (κ1) is 10.4. The zero-order chi connectivity index (χ0) is 10.7. The van der Waals surface area contributed by atoms with Crippen LogP contribution >= 0.6 is 11.8 Å². The van der Waals surface area contributed by atoms with Gasteiger partial charge in [-0.2, -0.15) is 0 Å².